The smallest absolute Gasteiger partial charge is 0.291 e. The van der Waals surface area contributed by atoms with Crippen LogP contribution in [0, 0.1) is 0 Å². The molecule has 0 saturated heterocycles. The molecule has 6 nitrogen and oxygen atoms in total. The number of benzene rings is 1. The number of ether oxygens (including phenoxy) is 2. The number of nitrogens with zero attached hydrogens (tertiary/aromatic N) is 1. The summed E-state index contributed by atoms with van der Waals surface area (Å²) in [6.07, 6.45) is 3.46. The third-order valence-electron chi connectivity index (χ3n) is 3.39. The third kappa shape index (κ3) is 4.68. The zero-order valence-electron chi connectivity index (χ0n) is 13.8. The number of pyridine rings is 1. The summed E-state index contributed by atoms with van der Waals surface area (Å²) in [5, 5.41) is 2.79. The number of methoxy groups -OCH3 is 1. The van der Waals surface area contributed by atoms with Gasteiger partial charge >= 0.3 is 0 Å². The maximum absolute atomic E-state index is 12.2. The maximum Gasteiger partial charge on any atom is 0.291 e. The third-order valence-corrected chi connectivity index (χ3v) is 3.39. The number of hydrogen-bond donors (Lipinski definition) is 1. The Hall–Kier alpha value is -3.12. The van der Waals surface area contributed by atoms with Crippen molar-refractivity contribution in [3.63, 3.8) is 0 Å². The van der Waals surface area contributed by atoms with Crippen LogP contribution in [0.3, 0.4) is 0 Å². The molecule has 0 aliphatic rings. The molecule has 0 aliphatic heterocycles. The zero-order valence-corrected chi connectivity index (χ0v) is 13.8. The lowest BCUT2D eigenvalue weighted by Crippen LogP contribution is -2.11. The number of furan rings is 1. The van der Waals surface area contributed by atoms with Crippen LogP contribution in [0.4, 0.5) is 5.69 Å². The van der Waals surface area contributed by atoms with Gasteiger partial charge in [-0.1, -0.05) is 12.1 Å². The van der Waals surface area contributed by atoms with Crippen LogP contribution in [0.5, 0.6) is 5.75 Å². The minimum absolute atomic E-state index is 0.230. The first-order chi connectivity index (χ1) is 12.2. The lowest BCUT2D eigenvalue weighted by Gasteiger charge is -2.08. The molecule has 25 heavy (non-hydrogen) atoms. The highest BCUT2D eigenvalue weighted by molar-refractivity contribution is 6.02. The fraction of sp³-hybridized carbons (Fsp3) is 0.158. The average molecular weight is 338 g/mol. The van der Waals surface area contributed by atoms with E-state index in [2.05, 4.69) is 10.3 Å². The molecule has 1 N–H and O–H groups in total. The lowest BCUT2D eigenvalue weighted by molar-refractivity contribution is 0.0987. The zero-order chi connectivity index (χ0) is 17.5. The Morgan fingerprint density at radius 1 is 1.16 bits per heavy atom. The van der Waals surface area contributed by atoms with E-state index in [0.717, 1.165) is 5.56 Å². The molecule has 128 valence electrons. The molecular formula is C19H18N2O4. The molecule has 2 aromatic heterocycles. The molecule has 0 saturated carbocycles. The van der Waals surface area contributed by atoms with Gasteiger partial charge in [0.1, 0.15) is 24.7 Å². The van der Waals surface area contributed by atoms with Crippen LogP contribution < -0.4 is 10.1 Å². The highest BCUT2D eigenvalue weighted by Crippen LogP contribution is 2.20. The summed E-state index contributed by atoms with van der Waals surface area (Å²) in [6, 6.07) is 14.3. The van der Waals surface area contributed by atoms with Gasteiger partial charge in [0.2, 0.25) is 0 Å². The number of anilines is 1. The summed E-state index contributed by atoms with van der Waals surface area (Å²) in [4.78, 5) is 16.3. The van der Waals surface area contributed by atoms with E-state index in [1.165, 1.54) is 0 Å². The van der Waals surface area contributed by atoms with Crippen LogP contribution in [0.15, 0.2) is 65.3 Å². The Balaban J connectivity index is 1.61. The van der Waals surface area contributed by atoms with Crippen LogP contribution in [0.25, 0.3) is 0 Å². The van der Waals surface area contributed by atoms with Crippen LogP contribution in [0.2, 0.25) is 0 Å². The van der Waals surface area contributed by atoms with E-state index < -0.39 is 0 Å². The summed E-state index contributed by atoms with van der Waals surface area (Å²) in [5.74, 6) is 1.16. The number of carbonyl (C=O) groups excluding carboxylic acids is 1. The Bertz CT molecular complexity index is 830. The van der Waals surface area contributed by atoms with Gasteiger partial charge in [0.15, 0.2) is 5.76 Å². The van der Waals surface area contributed by atoms with Crippen LogP contribution in [0.1, 0.15) is 21.9 Å². The van der Waals surface area contributed by atoms with E-state index in [1.54, 1.807) is 43.8 Å². The quantitative estimate of drug-likeness (QED) is 0.712. The summed E-state index contributed by atoms with van der Waals surface area (Å²) < 4.78 is 16.1. The van der Waals surface area contributed by atoms with Crippen LogP contribution >= 0.6 is 0 Å². The summed E-state index contributed by atoms with van der Waals surface area (Å²) in [5.41, 5.74) is 1.59. The van der Waals surface area contributed by atoms with Gasteiger partial charge in [0.05, 0.1) is 0 Å². The second-order valence-electron chi connectivity index (χ2n) is 5.33. The van der Waals surface area contributed by atoms with Gasteiger partial charge in [0, 0.05) is 36.8 Å². The maximum atomic E-state index is 12.2. The van der Waals surface area contributed by atoms with Crippen molar-refractivity contribution >= 4 is 11.6 Å². The van der Waals surface area contributed by atoms with Gasteiger partial charge in [-0.05, 0) is 30.3 Å². The van der Waals surface area contributed by atoms with Gasteiger partial charge in [-0.15, -0.1) is 0 Å². The van der Waals surface area contributed by atoms with Crippen molar-refractivity contribution in [3.05, 3.63) is 78.0 Å². The molecule has 0 fully saturated rings. The molecular weight excluding hydrogens is 320 g/mol. The number of carbonyl (C=O) groups is 1. The van der Waals surface area contributed by atoms with E-state index in [0.29, 0.717) is 30.4 Å². The number of rotatable bonds is 7. The molecule has 0 bridgehead atoms. The fourth-order valence-electron chi connectivity index (χ4n) is 2.23. The van der Waals surface area contributed by atoms with E-state index in [4.69, 9.17) is 13.9 Å². The summed E-state index contributed by atoms with van der Waals surface area (Å²) in [7, 11) is 1.57. The Kier molecular flexibility index (Phi) is 5.43. The van der Waals surface area contributed by atoms with Crippen molar-refractivity contribution in [2.75, 3.05) is 12.4 Å². The highest BCUT2D eigenvalue weighted by Gasteiger charge is 2.12. The largest absolute Gasteiger partial charge is 0.489 e. The molecule has 0 spiro atoms. The van der Waals surface area contributed by atoms with Gasteiger partial charge in [-0.25, -0.2) is 0 Å². The number of hydrogen-bond acceptors (Lipinski definition) is 5. The standard InChI is InChI=1S/C19H18N2O4/c1-23-13-17-7-8-18(25-17)19(22)21-15-5-2-6-16(10-15)24-12-14-4-3-9-20-11-14/h2-11H,12-13H2,1H3,(H,21,22). The monoisotopic (exact) mass is 338 g/mol. The lowest BCUT2D eigenvalue weighted by atomic mass is 10.3. The summed E-state index contributed by atoms with van der Waals surface area (Å²) >= 11 is 0. The molecule has 3 aromatic rings. The second kappa shape index (κ2) is 8.12. The molecule has 1 aromatic carbocycles. The SMILES string of the molecule is COCc1ccc(C(=O)Nc2cccc(OCc3cccnc3)c2)o1. The van der Waals surface area contributed by atoms with Crippen molar-refractivity contribution in [2.24, 2.45) is 0 Å². The van der Waals surface area contributed by atoms with Gasteiger partial charge in [0.25, 0.3) is 5.91 Å². The first-order valence-corrected chi connectivity index (χ1v) is 7.75. The van der Waals surface area contributed by atoms with Crippen molar-refractivity contribution in [3.8, 4) is 5.75 Å². The highest BCUT2D eigenvalue weighted by atomic mass is 16.5. The Morgan fingerprint density at radius 3 is 2.88 bits per heavy atom. The van der Waals surface area contributed by atoms with Crippen LogP contribution in [-0.2, 0) is 18.0 Å². The molecule has 0 radical (unpaired) electrons. The first-order valence-electron chi connectivity index (χ1n) is 7.75. The van der Waals surface area contributed by atoms with Crippen molar-refractivity contribution in [2.45, 2.75) is 13.2 Å². The van der Waals surface area contributed by atoms with Gasteiger partial charge in [-0.2, -0.15) is 0 Å². The Morgan fingerprint density at radius 2 is 2.08 bits per heavy atom. The number of nitrogens with one attached hydrogen (secondary N) is 1. The topological polar surface area (TPSA) is 73.6 Å². The van der Waals surface area contributed by atoms with Crippen molar-refractivity contribution in [1.29, 1.82) is 0 Å². The normalized spacial score (nSPS) is 10.4. The van der Waals surface area contributed by atoms with E-state index >= 15 is 0 Å². The average Bonchev–Trinajstić information content (AvgIpc) is 3.10. The van der Waals surface area contributed by atoms with E-state index in [9.17, 15) is 4.79 Å². The molecule has 0 atom stereocenters. The van der Waals surface area contributed by atoms with Gasteiger partial charge < -0.3 is 19.2 Å². The Labute approximate surface area is 145 Å². The molecule has 2 heterocycles. The number of aromatic nitrogens is 1. The predicted octanol–water partition coefficient (Wildman–Crippen LogP) is 3.65. The van der Waals surface area contributed by atoms with E-state index in [-0.39, 0.29) is 11.7 Å². The minimum Gasteiger partial charge on any atom is -0.489 e. The van der Waals surface area contributed by atoms with Crippen molar-refractivity contribution in [1.82, 2.24) is 4.98 Å². The number of amides is 1. The van der Waals surface area contributed by atoms with Gasteiger partial charge in [-0.3, -0.25) is 9.78 Å². The molecule has 0 unspecified atom stereocenters. The van der Waals surface area contributed by atoms with E-state index in [1.807, 2.05) is 24.3 Å². The molecule has 0 aliphatic carbocycles. The van der Waals surface area contributed by atoms with Crippen molar-refractivity contribution < 1.29 is 18.7 Å². The fourth-order valence-corrected chi connectivity index (χ4v) is 2.23. The van der Waals surface area contributed by atoms with Crippen LogP contribution in [-0.4, -0.2) is 18.0 Å². The molecule has 6 heteroatoms. The summed E-state index contributed by atoms with van der Waals surface area (Å²) in [6.45, 7) is 0.731. The molecule has 3 rings (SSSR count). The molecule has 1 amide bonds. The predicted molar refractivity (Wildman–Crippen MR) is 92.4 cm³/mol. The minimum atomic E-state index is -0.327. The first kappa shape index (κ1) is 16.7. The second-order valence-corrected chi connectivity index (χ2v) is 5.33.